The number of carbonyl (C=O) groups excluding carboxylic acids is 1. The summed E-state index contributed by atoms with van der Waals surface area (Å²) < 4.78 is 40.3. The molecule has 4 rings (SSSR count). The number of sulfonamides is 1. The molecule has 0 spiro atoms. The molecule has 0 atom stereocenters. The van der Waals surface area contributed by atoms with Crippen LogP contribution in [0.2, 0.25) is 0 Å². The van der Waals surface area contributed by atoms with Crippen molar-refractivity contribution in [2.24, 2.45) is 5.92 Å². The average molecular weight is 460 g/mol. The molecule has 6 nitrogen and oxygen atoms in total. The molecule has 2 saturated heterocycles. The fourth-order valence-electron chi connectivity index (χ4n) is 4.46. The third-order valence-electron chi connectivity index (χ3n) is 6.45. The summed E-state index contributed by atoms with van der Waals surface area (Å²) in [5.74, 6) is -0.260. The van der Waals surface area contributed by atoms with Gasteiger partial charge in [-0.15, -0.1) is 0 Å². The quantitative estimate of drug-likeness (QED) is 0.690. The molecule has 0 saturated carbocycles. The van der Waals surface area contributed by atoms with Crippen LogP contribution in [0, 0.1) is 18.7 Å². The maximum absolute atomic E-state index is 13.1. The summed E-state index contributed by atoms with van der Waals surface area (Å²) in [5, 5.41) is 0. The van der Waals surface area contributed by atoms with Gasteiger partial charge < -0.3 is 9.80 Å². The Morgan fingerprint density at radius 3 is 2.09 bits per heavy atom. The number of rotatable bonds is 5. The van der Waals surface area contributed by atoms with Gasteiger partial charge in [0.25, 0.3) is 0 Å². The van der Waals surface area contributed by atoms with Crippen molar-refractivity contribution in [3.05, 3.63) is 65.5 Å². The van der Waals surface area contributed by atoms with Crippen LogP contribution in [0.4, 0.5) is 10.1 Å². The normalized spacial score (nSPS) is 18.7. The molecule has 2 fully saturated rings. The summed E-state index contributed by atoms with van der Waals surface area (Å²) >= 11 is 0. The summed E-state index contributed by atoms with van der Waals surface area (Å²) in [7, 11) is -3.39. The van der Waals surface area contributed by atoms with E-state index in [1.165, 1.54) is 16.4 Å². The molecule has 0 N–H and O–H groups in total. The van der Waals surface area contributed by atoms with Crippen LogP contribution in [0.1, 0.15) is 24.0 Å². The third-order valence-corrected chi connectivity index (χ3v) is 8.30. The van der Waals surface area contributed by atoms with E-state index in [9.17, 15) is 17.6 Å². The molecule has 2 aromatic rings. The molecular weight excluding hydrogens is 429 g/mol. The number of hydrogen-bond acceptors (Lipinski definition) is 4. The Labute approximate surface area is 189 Å². The minimum absolute atomic E-state index is 0.00274. The second kappa shape index (κ2) is 9.58. The zero-order valence-corrected chi connectivity index (χ0v) is 19.2. The van der Waals surface area contributed by atoms with E-state index in [4.69, 9.17) is 0 Å². The van der Waals surface area contributed by atoms with Gasteiger partial charge >= 0.3 is 0 Å². The highest BCUT2D eigenvalue weighted by Gasteiger charge is 2.34. The van der Waals surface area contributed by atoms with E-state index in [-0.39, 0.29) is 23.4 Å². The van der Waals surface area contributed by atoms with E-state index in [0.29, 0.717) is 52.1 Å². The van der Waals surface area contributed by atoms with Gasteiger partial charge in [0, 0.05) is 50.9 Å². The molecular formula is C24H30FN3O3S. The third kappa shape index (κ3) is 5.30. The van der Waals surface area contributed by atoms with Gasteiger partial charge in [0.2, 0.25) is 15.9 Å². The summed E-state index contributed by atoms with van der Waals surface area (Å²) in [6.45, 7) is 5.43. The lowest BCUT2D eigenvalue weighted by molar-refractivity contribution is -0.137. The smallest absolute Gasteiger partial charge is 0.225 e. The lowest BCUT2D eigenvalue weighted by Crippen LogP contribution is -2.52. The van der Waals surface area contributed by atoms with Crippen LogP contribution in [-0.4, -0.2) is 62.8 Å². The summed E-state index contributed by atoms with van der Waals surface area (Å²) in [5.41, 5.74) is 2.85. The van der Waals surface area contributed by atoms with Crippen molar-refractivity contribution in [1.82, 2.24) is 9.21 Å². The van der Waals surface area contributed by atoms with Gasteiger partial charge in [-0.1, -0.05) is 29.8 Å². The molecule has 2 heterocycles. The Kier molecular flexibility index (Phi) is 6.81. The number of carbonyl (C=O) groups is 1. The molecule has 2 aliphatic heterocycles. The highest BCUT2D eigenvalue weighted by Crippen LogP contribution is 2.25. The fraction of sp³-hybridized carbons (Fsp3) is 0.458. The van der Waals surface area contributed by atoms with Gasteiger partial charge in [-0.05, 0) is 49.6 Å². The van der Waals surface area contributed by atoms with E-state index >= 15 is 0 Å². The molecule has 2 aliphatic rings. The maximum Gasteiger partial charge on any atom is 0.225 e. The Hall–Kier alpha value is -2.45. The molecule has 0 unspecified atom stereocenters. The van der Waals surface area contributed by atoms with Gasteiger partial charge in [-0.2, -0.15) is 0 Å². The zero-order chi connectivity index (χ0) is 22.7. The minimum Gasteiger partial charge on any atom is -0.368 e. The van der Waals surface area contributed by atoms with Crippen LogP contribution in [0.15, 0.2) is 48.5 Å². The van der Waals surface area contributed by atoms with Crippen LogP contribution in [-0.2, 0) is 20.6 Å². The number of amides is 1. The lowest BCUT2D eigenvalue weighted by atomic mass is 9.96. The molecule has 0 aromatic heterocycles. The molecule has 32 heavy (non-hydrogen) atoms. The molecule has 8 heteroatoms. The zero-order valence-electron chi connectivity index (χ0n) is 18.4. The second-order valence-electron chi connectivity index (χ2n) is 8.70. The van der Waals surface area contributed by atoms with Crippen molar-refractivity contribution in [1.29, 1.82) is 0 Å². The second-order valence-corrected chi connectivity index (χ2v) is 10.7. The van der Waals surface area contributed by atoms with Crippen molar-refractivity contribution in [3.8, 4) is 0 Å². The predicted octanol–water partition coefficient (Wildman–Crippen LogP) is 3.02. The topological polar surface area (TPSA) is 60.9 Å². The first kappa shape index (κ1) is 22.7. The standard InChI is InChI=1S/C24H30FN3O3S/c1-19-2-4-20(5-3-19)18-32(30,31)28-12-10-21(11-13-28)24(29)27-16-14-26(15-17-27)23-8-6-22(25)7-9-23/h2-9,21H,10-18H2,1H3. The fourth-order valence-corrected chi connectivity index (χ4v) is 6.03. The Morgan fingerprint density at radius 1 is 0.906 bits per heavy atom. The lowest BCUT2D eigenvalue weighted by Gasteiger charge is -2.39. The van der Waals surface area contributed by atoms with Crippen molar-refractivity contribution in [3.63, 3.8) is 0 Å². The van der Waals surface area contributed by atoms with Crippen LogP contribution in [0.5, 0.6) is 0 Å². The monoisotopic (exact) mass is 459 g/mol. The van der Waals surface area contributed by atoms with Gasteiger partial charge in [0.1, 0.15) is 5.82 Å². The molecule has 0 bridgehead atoms. The number of halogens is 1. The number of anilines is 1. The van der Waals surface area contributed by atoms with Crippen molar-refractivity contribution in [2.75, 3.05) is 44.2 Å². The maximum atomic E-state index is 13.1. The average Bonchev–Trinajstić information content (AvgIpc) is 2.81. The van der Waals surface area contributed by atoms with E-state index in [2.05, 4.69) is 4.90 Å². The molecule has 2 aromatic carbocycles. The molecule has 1 amide bonds. The first-order valence-corrected chi connectivity index (χ1v) is 12.8. The molecule has 0 aliphatic carbocycles. The van der Waals surface area contributed by atoms with E-state index in [1.807, 2.05) is 36.1 Å². The SMILES string of the molecule is Cc1ccc(CS(=O)(=O)N2CCC(C(=O)N3CCN(c4ccc(F)cc4)CC3)CC2)cc1. The van der Waals surface area contributed by atoms with E-state index in [1.54, 1.807) is 12.1 Å². The van der Waals surface area contributed by atoms with Crippen LogP contribution in [0.3, 0.4) is 0 Å². The Morgan fingerprint density at radius 2 is 1.50 bits per heavy atom. The van der Waals surface area contributed by atoms with Crippen molar-refractivity contribution < 1.29 is 17.6 Å². The Bertz CT molecular complexity index is 1030. The van der Waals surface area contributed by atoms with Gasteiger partial charge in [-0.3, -0.25) is 4.79 Å². The Balaban J connectivity index is 1.27. The van der Waals surface area contributed by atoms with Gasteiger partial charge in [0.05, 0.1) is 5.75 Å². The molecule has 0 radical (unpaired) electrons. The van der Waals surface area contributed by atoms with E-state index < -0.39 is 10.0 Å². The van der Waals surface area contributed by atoms with Crippen LogP contribution in [0.25, 0.3) is 0 Å². The van der Waals surface area contributed by atoms with Crippen LogP contribution < -0.4 is 4.90 Å². The first-order chi connectivity index (χ1) is 15.3. The van der Waals surface area contributed by atoms with E-state index in [0.717, 1.165) is 16.8 Å². The number of piperazine rings is 1. The van der Waals surface area contributed by atoms with Gasteiger partial charge in [-0.25, -0.2) is 17.1 Å². The highest BCUT2D eigenvalue weighted by molar-refractivity contribution is 7.88. The van der Waals surface area contributed by atoms with Crippen molar-refractivity contribution >= 4 is 21.6 Å². The number of aryl methyl sites for hydroxylation is 1. The highest BCUT2D eigenvalue weighted by atomic mass is 32.2. The van der Waals surface area contributed by atoms with Crippen molar-refractivity contribution in [2.45, 2.75) is 25.5 Å². The molecule has 172 valence electrons. The number of piperidine rings is 1. The van der Waals surface area contributed by atoms with Crippen LogP contribution >= 0.6 is 0 Å². The summed E-state index contributed by atoms with van der Waals surface area (Å²) in [4.78, 5) is 17.1. The minimum atomic E-state index is -3.39. The predicted molar refractivity (Wildman–Crippen MR) is 123 cm³/mol. The first-order valence-electron chi connectivity index (χ1n) is 11.1. The number of hydrogen-bond donors (Lipinski definition) is 0. The number of nitrogens with zero attached hydrogens (tertiary/aromatic N) is 3. The van der Waals surface area contributed by atoms with Gasteiger partial charge in [0.15, 0.2) is 0 Å². The summed E-state index contributed by atoms with van der Waals surface area (Å²) in [6, 6.07) is 14.0. The summed E-state index contributed by atoms with van der Waals surface area (Å²) in [6.07, 6.45) is 1.12. The number of benzene rings is 2. The largest absolute Gasteiger partial charge is 0.368 e.